The van der Waals surface area contributed by atoms with Gasteiger partial charge in [-0.05, 0) is 37.1 Å². The minimum absolute atomic E-state index is 0.749. The van der Waals surface area contributed by atoms with Crippen LogP contribution >= 0.6 is 0 Å². The molecule has 3 aromatic rings. The molecule has 0 N–H and O–H groups in total. The van der Waals surface area contributed by atoms with Crippen LogP contribution in [-0.2, 0) is 13.3 Å². The molecule has 2 heterocycles. The fourth-order valence-corrected chi connectivity index (χ4v) is 6.61. The maximum Gasteiger partial charge on any atom is 0.500 e. The van der Waals surface area contributed by atoms with E-state index in [-0.39, 0.29) is 0 Å². The standard InChI is InChI=1S/C29H44N2O4Si/c1-32-36(33-2,34-3)23-15-13-11-9-7-5-4-6-8-10-12-14-22-35-27-24-25-18-16-20-30-28(25)29-26(27)19-17-21-31-29/h16-21,24H,4-15,22-23H2,1-3H3. The predicted octanol–water partition coefficient (Wildman–Crippen LogP) is 7.72. The molecule has 7 heteroatoms. The normalized spacial score (nSPS) is 12.0. The van der Waals surface area contributed by atoms with Gasteiger partial charge in [-0.3, -0.25) is 9.97 Å². The molecule has 2 aromatic heterocycles. The van der Waals surface area contributed by atoms with Crippen LogP contribution in [0.1, 0.15) is 77.0 Å². The van der Waals surface area contributed by atoms with Gasteiger partial charge in [-0.2, -0.15) is 0 Å². The third-order valence-corrected chi connectivity index (χ3v) is 9.82. The van der Waals surface area contributed by atoms with Crippen molar-refractivity contribution in [2.24, 2.45) is 0 Å². The Bertz CT molecular complexity index is 1020. The maximum absolute atomic E-state index is 6.18. The molecular weight excluding hydrogens is 468 g/mol. The van der Waals surface area contributed by atoms with E-state index in [1.807, 2.05) is 24.5 Å². The summed E-state index contributed by atoms with van der Waals surface area (Å²) in [5, 5.41) is 2.12. The van der Waals surface area contributed by atoms with E-state index < -0.39 is 8.80 Å². The van der Waals surface area contributed by atoms with Gasteiger partial charge in [-0.25, -0.2) is 0 Å². The highest BCUT2D eigenvalue weighted by atomic mass is 28.4. The number of aromatic nitrogens is 2. The molecule has 0 saturated carbocycles. The second-order valence-corrected chi connectivity index (χ2v) is 12.6. The summed E-state index contributed by atoms with van der Waals surface area (Å²) in [5.41, 5.74) is 1.85. The Morgan fingerprint density at radius 3 is 1.78 bits per heavy atom. The molecule has 0 radical (unpaired) electrons. The lowest BCUT2D eigenvalue weighted by molar-refractivity contribution is 0.122. The van der Waals surface area contributed by atoms with E-state index >= 15 is 0 Å². The van der Waals surface area contributed by atoms with Gasteiger partial charge in [0.25, 0.3) is 0 Å². The van der Waals surface area contributed by atoms with Gasteiger partial charge in [-0.15, -0.1) is 0 Å². The third kappa shape index (κ3) is 8.51. The average molecular weight is 513 g/mol. The lowest BCUT2D eigenvalue weighted by Gasteiger charge is -2.24. The summed E-state index contributed by atoms with van der Waals surface area (Å²) < 4.78 is 22.6. The maximum atomic E-state index is 6.18. The SMILES string of the molecule is CO[Si](CCCCCCCCCCCCCCOc1cc2cccnc2c2ncccc12)(OC)OC. The molecule has 3 rings (SSSR count). The molecule has 1 aromatic carbocycles. The topological polar surface area (TPSA) is 62.7 Å². The van der Waals surface area contributed by atoms with Gasteiger partial charge in [0.15, 0.2) is 0 Å². The van der Waals surface area contributed by atoms with Crippen LogP contribution in [-0.4, -0.2) is 46.7 Å². The first-order valence-electron chi connectivity index (χ1n) is 13.6. The Kier molecular flexibility index (Phi) is 12.6. The molecule has 0 aliphatic carbocycles. The van der Waals surface area contributed by atoms with Crippen molar-refractivity contribution in [3.8, 4) is 5.75 Å². The molecular formula is C29H44N2O4Si. The largest absolute Gasteiger partial charge is 0.500 e. The van der Waals surface area contributed by atoms with Crippen LogP contribution in [0.2, 0.25) is 6.04 Å². The van der Waals surface area contributed by atoms with Gasteiger partial charge in [0, 0.05) is 50.5 Å². The second kappa shape index (κ2) is 15.9. The van der Waals surface area contributed by atoms with Gasteiger partial charge < -0.3 is 18.0 Å². The first-order valence-corrected chi connectivity index (χ1v) is 15.6. The zero-order valence-electron chi connectivity index (χ0n) is 22.5. The van der Waals surface area contributed by atoms with E-state index in [2.05, 4.69) is 28.2 Å². The smallest absolute Gasteiger partial charge is 0.493 e. The van der Waals surface area contributed by atoms with Crippen molar-refractivity contribution in [1.82, 2.24) is 9.97 Å². The van der Waals surface area contributed by atoms with Gasteiger partial charge in [-0.1, -0.05) is 70.3 Å². The summed E-state index contributed by atoms with van der Waals surface area (Å²) in [6, 6.07) is 11.1. The van der Waals surface area contributed by atoms with E-state index in [1.54, 1.807) is 21.3 Å². The van der Waals surface area contributed by atoms with Crippen LogP contribution in [0.5, 0.6) is 5.75 Å². The highest BCUT2D eigenvalue weighted by molar-refractivity contribution is 6.60. The zero-order chi connectivity index (χ0) is 25.5. The monoisotopic (exact) mass is 512 g/mol. The van der Waals surface area contributed by atoms with Crippen molar-refractivity contribution < 1.29 is 18.0 Å². The molecule has 0 aliphatic heterocycles. The molecule has 0 amide bonds. The van der Waals surface area contributed by atoms with Crippen LogP contribution < -0.4 is 4.74 Å². The summed E-state index contributed by atoms with van der Waals surface area (Å²) in [5.74, 6) is 0.913. The number of benzene rings is 1. The number of nitrogens with zero attached hydrogens (tertiary/aromatic N) is 2. The molecule has 6 nitrogen and oxygen atoms in total. The lowest BCUT2D eigenvalue weighted by atomic mass is 10.1. The molecule has 0 atom stereocenters. The Hall–Kier alpha value is -2.06. The number of hydrogen-bond donors (Lipinski definition) is 0. The number of fused-ring (bicyclic) bond motifs is 3. The number of ether oxygens (including phenoxy) is 1. The summed E-state index contributed by atoms with van der Waals surface area (Å²) >= 11 is 0. The molecule has 198 valence electrons. The van der Waals surface area contributed by atoms with E-state index in [4.69, 9.17) is 18.0 Å². The van der Waals surface area contributed by atoms with E-state index in [1.165, 1.54) is 64.2 Å². The Morgan fingerprint density at radius 1 is 0.639 bits per heavy atom. The van der Waals surface area contributed by atoms with Crippen LogP contribution in [0.4, 0.5) is 0 Å². The van der Waals surface area contributed by atoms with Crippen molar-refractivity contribution in [2.75, 3.05) is 27.9 Å². The lowest BCUT2D eigenvalue weighted by Crippen LogP contribution is -2.42. The number of unbranched alkanes of at least 4 members (excludes halogenated alkanes) is 11. The van der Waals surface area contributed by atoms with Crippen LogP contribution in [0, 0.1) is 0 Å². The molecule has 0 unspecified atom stereocenters. The number of hydrogen-bond acceptors (Lipinski definition) is 6. The van der Waals surface area contributed by atoms with Crippen molar-refractivity contribution in [3.05, 3.63) is 42.7 Å². The molecule has 0 bridgehead atoms. The van der Waals surface area contributed by atoms with Crippen molar-refractivity contribution in [3.63, 3.8) is 0 Å². The van der Waals surface area contributed by atoms with Crippen molar-refractivity contribution >= 4 is 30.6 Å². The summed E-state index contributed by atoms with van der Waals surface area (Å²) in [4.78, 5) is 9.06. The first-order chi connectivity index (χ1) is 17.7. The molecule has 0 fully saturated rings. The zero-order valence-corrected chi connectivity index (χ0v) is 23.5. The van der Waals surface area contributed by atoms with Gasteiger partial charge >= 0.3 is 8.80 Å². The quantitative estimate of drug-likeness (QED) is 0.0930. The Labute approximate surface area is 218 Å². The average Bonchev–Trinajstić information content (AvgIpc) is 2.93. The highest BCUT2D eigenvalue weighted by Gasteiger charge is 2.36. The number of rotatable bonds is 19. The minimum Gasteiger partial charge on any atom is -0.493 e. The van der Waals surface area contributed by atoms with E-state index in [9.17, 15) is 0 Å². The summed E-state index contributed by atoms with van der Waals surface area (Å²) in [7, 11) is 2.70. The Morgan fingerprint density at radius 2 is 1.17 bits per heavy atom. The van der Waals surface area contributed by atoms with E-state index in [0.29, 0.717) is 0 Å². The van der Waals surface area contributed by atoms with E-state index in [0.717, 1.165) is 53.0 Å². The third-order valence-electron chi connectivity index (χ3n) is 6.99. The number of pyridine rings is 2. The molecule has 0 aliphatic rings. The van der Waals surface area contributed by atoms with Crippen molar-refractivity contribution in [1.29, 1.82) is 0 Å². The fraction of sp³-hybridized carbons (Fsp3) is 0.586. The molecule has 36 heavy (non-hydrogen) atoms. The van der Waals surface area contributed by atoms with Crippen LogP contribution in [0.15, 0.2) is 42.7 Å². The first kappa shape index (κ1) is 28.5. The van der Waals surface area contributed by atoms with Crippen LogP contribution in [0.3, 0.4) is 0 Å². The molecule has 0 saturated heterocycles. The highest BCUT2D eigenvalue weighted by Crippen LogP contribution is 2.31. The van der Waals surface area contributed by atoms with Gasteiger partial charge in [0.2, 0.25) is 0 Å². The van der Waals surface area contributed by atoms with Crippen molar-refractivity contribution in [2.45, 2.75) is 83.1 Å². The van der Waals surface area contributed by atoms with Crippen LogP contribution in [0.25, 0.3) is 21.8 Å². The molecule has 0 spiro atoms. The second-order valence-electron chi connectivity index (χ2n) is 9.49. The summed E-state index contributed by atoms with van der Waals surface area (Å²) in [6.07, 6.45) is 18.9. The Balaban J connectivity index is 1.20. The van der Waals surface area contributed by atoms with Gasteiger partial charge in [0.05, 0.1) is 12.1 Å². The minimum atomic E-state index is -2.37. The fourth-order valence-electron chi connectivity index (χ4n) is 4.81. The summed E-state index contributed by atoms with van der Waals surface area (Å²) in [6.45, 7) is 0.749. The predicted molar refractivity (Wildman–Crippen MR) is 150 cm³/mol. The van der Waals surface area contributed by atoms with Gasteiger partial charge in [0.1, 0.15) is 11.3 Å².